The van der Waals surface area contributed by atoms with E-state index in [2.05, 4.69) is 29.4 Å². The largest absolute Gasteiger partial charge is 0.399 e. The Hall–Kier alpha value is -1.91. The molecule has 1 aromatic carbocycles. The summed E-state index contributed by atoms with van der Waals surface area (Å²) in [5.74, 6) is 1.46. The van der Waals surface area contributed by atoms with E-state index in [1.54, 1.807) is 0 Å². The van der Waals surface area contributed by atoms with E-state index in [-0.39, 0.29) is 0 Å². The zero-order valence-corrected chi connectivity index (χ0v) is 12.1. The molecule has 1 saturated carbocycles. The van der Waals surface area contributed by atoms with Crippen LogP contribution >= 0.6 is 0 Å². The fourth-order valence-corrected chi connectivity index (χ4v) is 3.13. The van der Waals surface area contributed by atoms with Crippen molar-refractivity contribution in [2.24, 2.45) is 5.92 Å². The number of nitrogens with zero attached hydrogens (tertiary/aromatic N) is 4. The van der Waals surface area contributed by atoms with E-state index >= 15 is 0 Å². The summed E-state index contributed by atoms with van der Waals surface area (Å²) in [6.07, 6.45) is 4.97. The molecule has 2 atom stereocenters. The van der Waals surface area contributed by atoms with Crippen molar-refractivity contribution in [2.75, 3.05) is 5.73 Å². The zero-order chi connectivity index (χ0) is 14.1. The molecule has 3 rings (SSSR count). The van der Waals surface area contributed by atoms with Gasteiger partial charge >= 0.3 is 0 Å². The van der Waals surface area contributed by atoms with Gasteiger partial charge in [0.25, 0.3) is 0 Å². The fraction of sp³-hybridized carbons (Fsp3) is 0.533. The second kappa shape index (κ2) is 5.23. The van der Waals surface area contributed by atoms with Crippen LogP contribution in [0.15, 0.2) is 18.2 Å². The summed E-state index contributed by atoms with van der Waals surface area (Å²) in [6.45, 7) is 4.36. The highest BCUT2D eigenvalue weighted by molar-refractivity contribution is 5.65. The van der Waals surface area contributed by atoms with Crippen LogP contribution in [-0.2, 0) is 0 Å². The predicted molar refractivity (Wildman–Crippen MR) is 79.1 cm³/mol. The Morgan fingerprint density at radius 2 is 2.05 bits per heavy atom. The van der Waals surface area contributed by atoms with Gasteiger partial charge in [-0.25, -0.2) is 4.68 Å². The first-order valence-corrected chi connectivity index (χ1v) is 7.31. The topological polar surface area (TPSA) is 69.6 Å². The van der Waals surface area contributed by atoms with Gasteiger partial charge in [0, 0.05) is 11.3 Å². The smallest absolute Gasteiger partial charge is 0.182 e. The first-order chi connectivity index (χ1) is 9.66. The van der Waals surface area contributed by atoms with Crippen molar-refractivity contribution in [3.05, 3.63) is 23.8 Å². The van der Waals surface area contributed by atoms with Crippen LogP contribution in [-0.4, -0.2) is 20.2 Å². The van der Waals surface area contributed by atoms with Gasteiger partial charge in [-0.3, -0.25) is 0 Å². The molecule has 5 nitrogen and oxygen atoms in total. The molecular weight excluding hydrogens is 250 g/mol. The highest BCUT2D eigenvalue weighted by Gasteiger charge is 2.27. The molecule has 2 unspecified atom stereocenters. The van der Waals surface area contributed by atoms with E-state index in [4.69, 9.17) is 5.73 Å². The second-order valence-electron chi connectivity index (χ2n) is 5.85. The minimum Gasteiger partial charge on any atom is -0.399 e. The maximum atomic E-state index is 5.91. The van der Waals surface area contributed by atoms with Crippen molar-refractivity contribution in [2.45, 2.75) is 45.6 Å². The van der Waals surface area contributed by atoms with Crippen LogP contribution in [0.5, 0.6) is 0 Å². The number of benzene rings is 1. The molecular formula is C15H21N5. The number of nitrogen functional groups attached to an aromatic ring is 1. The lowest BCUT2D eigenvalue weighted by molar-refractivity contribution is 0.239. The SMILES string of the molecule is Cc1ccc(N)cc1-c1nnnn1C1CCCCC1C. The quantitative estimate of drug-likeness (QED) is 0.852. The average molecular weight is 271 g/mol. The van der Waals surface area contributed by atoms with Gasteiger partial charge in [-0.2, -0.15) is 0 Å². The molecule has 0 radical (unpaired) electrons. The van der Waals surface area contributed by atoms with Crippen LogP contribution in [0.2, 0.25) is 0 Å². The third kappa shape index (κ3) is 2.28. The van der Waals surface area contributed by atoms with Crippen LogP contribution in [0, 0.1) is 12.8 Å². The van der Waals surface area contributed by atoms with Gasteiger partial charge in [-0.05, 0) is 53.8 Å². The molecule has 0 spiro atoms. The van der Waals surface area contributed by atoms with Gasteiger partial charge in [0.1, 0.15) is 0 Å². The molecule has 1 aromatic heterocycles. The Labute approximate surface area is 119 Å². The molecule has 0 aliphatic heterocycles. The van der Waals surface area contributed by atoms with E-state index in [0.717, 1.165) is 29.1 Å². The lowest BCUT2D eigenvalue weighted by Crippen LogP contribution is -2.23. The van der Waals surface area contributed by atoms with Gasteiger partial charge in [0.2, 0.25) is 0 Å². The molecule has 2 aromatic rings. The van der Waals surface area contributed by atoms with Crippen molar-refractivity contribution in [1.29, 1.82) is 0 Å². The molecule has 0 amide bonds. The molecule has 0 saturated heterocycles. The first kappa shape index (κ1) is 13.1. The molecule has 1 fully saturated rings. The number of tetrazole rings is 1. The van der Waals surface area contributed by atoms with E-state index < -0.39 is 0 Å². The van der Waals surface area contributed by atoms with Gasteiger partial charge in [-0.15, -0.1) is 5.10 Å². The molecule has 0 bridgehead atoms. The Morgan fingerprint density at radius 3 is 2.85 bits per heavy atom. The highest BCUT2D eigenvalue weighted by Crippen LogP contribution is 2.35. The molecule has 1 aliphatic carbocycles. The maximum absolute atomic E-state index is 5.91. The van der Waals surface area contributed by atoms with Crippen molar-refractivity contribution < 1.29 is 0 Å². The Balaban J connectivity index is 2.03. The molecule has 1 heterocycles. The highest BCUT2D eigenvalue weighted by atomic mass is 15.5. The monoisotopic (exact) mass is 271 g/mol. The molecule has 2 N–H and O–H groups in total. The van der Waals surface area contributed by atoms with Crippen LogP contribution in [0.1, 0.15) is 44.2 Å². The third-order valence-corrected chi connectivity index (χ3v) is 4.38. The fourth-order valence-electron chi connectivity index (χ4n) is 3.13. The van der Waals surface area contributed by atoms with Crippen molar-refractivity contribution in [3.8, 4) is 11.4 Å². The summed E-state index contributed by atoms with van der Waals surface area (Å²) in [7, 11) is 0. The summed E-state index contributed by atoms with van der Waals surface area (Å²) in [5, 5.41) is 12.4. The van der Waals surface area contributed by atoms with Crippen LogP contribution < -0.4 is 5.73 Å². The first-order valence-electron chi connectivity index (χ1n) is 7.31. The van der Waals surface area contributed by atoms with Crippen LogP contribution in [0.4, 0.5) is 5.69 Å². The minimum atomic E-state index is 0.398. The number of aromatic nitrogens is 4. The summed E-state index contributed by atoms with van der Waals surface area (Å²) in [6, 6.07) is 6.30. The lowest BCUT2D eigenvalue weighted by atomic mass is 9.86. The normalized spacial score (nSPS) is 22.9. The molecule has 106 valence electrons. The number of nitrogens with two attached hydrogens (primary N) is 1. The molecule has 20 heavy (non-hydrogen) atoms. The zero-order valence-electron chi connectivity index (χ0n) is 12.1. The van der Waals surface area contributed by atoms with Crippen molar-refractivity contribution >= 4 is 5.69 Å². The molecule has 1 aliphatic rings. The lowest BCUT2D eigenvalue weighted by Gasteiger charge is -2.29. The van der Waals surface area contributed by atoms with E-state index in [0.29, 0.717) is 12.0 Å². The van der Waals surface area contributed by atoms with Crippen molar-refractivity contribution in [1.82, 2.24) is 20.2 Å². The maximum Gasteiger partial charge on any atom is 0.182 e. The van der Waals surface area contributed by atoms with E-state index in [1.165, 1.54) is 19.3 Å². The second-order valence-corrected chi connectivity index (χ2v) is 5.85. The Kier molecular flexibility index (Phi) is 3.42. The Bertz CT molecular complexity index is 604. The summed E-state index contributed by atoms with van der Waals surface area (Å²) >= 11 is 0. The van der Waals surface area contributed by atoms with Gasteiger partial charge in [0.05, 0.1) is 6.04 Å². The van der Waals surface area contributed by atoms with Crippen molar-refractivity contribution in [3.63, 3.8) is 0 Å². The minimum absolute atomic E-state index is 0.398. The number of anilines is 1. The summed E-state index contributed by atoms with van der Waals surface area (Å²) in [4.78, 5) is 0. The van der Waals surface area contributed by atoms with Gasteiger partial charge in [-0.1, -0.05) is 25.8 Å². The summed E-state index contributed by atoms with van der Waals surface area (Å²) < 4.78 is 2.01. The number of aryl methyl sites for hydroxylation is 1. The molecule has 5 heteroatoms. The standard InChI is InChI=1S/C15H21N5/c1-10-7-8-12(16)9-13(10)15-17-18-19-20(15)14-6-4-3-5-11(14)2/h7-9,11,14H,3-6,16H2,1-2H3. The van der Waals surface area contributed by atoms with Gasteiger partial charge < -0.3 is 5.73 Å². The van der Waals surface area contributed by atoms with Gasteiger partial charge in [0.15, 0.2) is 5.82 Å². The number of rotatable bonds is 2. The van der Waals surface area contributed by atoms with Crippen LogP contribution in [0.3, 0.4) is 0 Å². The third-order valence-electron chi connectivity index (χ3n) is 4.38. The number of hydrogen-bond acceptors (Lipinski definition) is 4. The van der Waals surface area contributed by atoms with Crippen LogP contribution in [0.25, 0.3) is 11.4 Å². The summed E-state index contributed by atoms with van der Waals surface area (Å²) in [5.41, 5.74) is 8.85. The average Bonchev–Trinajstić information content (AvgIpc) is 2.91. The van der Waals surface area contributed by atoms with E-state index in [1.807, 2.05) is 22.9 Å². The number of hydrogen-bond donors (Lipinski definition) is 1. The Morgan fingerprint density at radius 1 is 1.25 bits per heavy atom. The predicted octanol–water partition coefficient (Wildman–Crippen LogP) is 2.98. The van der Waals surface area contributed by atoms with E-state index in [9.17, 15) is 0 Å².